The van der Waals surface area contributed by atoms with Gasteiger partial charge in [0.05, 0.1) is 12.0 Å². The molecule has 0 aromatic rings. The number of rotatable bonds is 4. The summed E-state index contributed by atoms with van der Waals surface area (Å²) in [5.74, 6) is -0.902. The molecule has 0 amide bonds. The van der Waals surface area contributed by atoms with Crippen molar-refractivity contribution in [3.8, 4) is 0 Å². The molecule has 4 N–H and O–H groups in total. The minimum absolute atomic E-state index is 0.0456. The third kappa shape index (κ3) is 2.69. The van der Waals surface area contributed by atoms with Crippen molar-refractivity contribution in [2.24, 2.45) is 11.7 Å². The van der Waals surface area contributed by atoms with E-state index in [2.05, 4.69) is 0 Å². The molecule has 1 saturated carbocycles. The van der Waals surface area contributed by atoms with Crippen LogP contribution in [-0.4, -0.2) is 28.3 Å². The van der Waals surface area contributed by atoms with Crippen molar-refractivity contribution < 1.29 is 15.0 Å². The maximum absolute atomic E-state index is 10.6. The van der Waals surface area contributed by atoms with E-state index in [0.717, 1.165) is 25.7 Å². The lowest BCUT2D eigenvalue weighted by Crippen LogP contribution is -2.47. The molecule has 0 aromatic heterocycles. The number of hydrogen-bond acceptors (Lipinski definition) is 3. The van der Waals surface area contributed by atoms with Gasteiger partial charge in [-0.1, -0.05) is 19.3 Å². The normalized spacial score (nSPS) is 23.0. The van der Waals surface area contributed by atoms with Crippen molar-refractivity contribution in [3.05, 3.63) is 0 Å². The zero-order chi connectivity index (χ0) is 10.6. The van der Waals surface area contributed by atoms with Crippen LogP contribution in [0.1, 0.15) is 38.5 Å². The molecule has 0 aromatic carbocycles. The Hall–Kier alpha value is -0.610. The van der Waals surface area contributed by atoms with Crippen LogP contribution >= 0.6 is 0 Å². The lowest BCUT2D eigenvalue weighted by atomic mass is 9.75. The molecule has 1 aliphatic carbocycles. The van der Waals surface area contributed by atoms with E-state index in [1.807, 2.05) is 0 Å². The van der Waals surface area contributed by atoms with Crippen LogP contribution < -0.4 is 5.73 Å². The highest BCUT2D eigenvalue weighted by atomic mass is 16.4. The van der Waals surface area contributed by atoms with E-state index >= 15 is 0 Å². The van der Waals surface area contributed by atoms with Crippen molar-refractivity contribution in [2.45, 2.75) is 44.1 Å². The van der Waals surface area contributed by atoms with E-state index in [9.17, 15) is 9.90 Å². The molecule has 0 heterocycles. The molecule has 4 heteroatoms. The maximum Gasteiger partial charge on any atom is 0.306 e. The van der Waals surface area contributed by atoms with Crippen LogP contribution in [0.3, 0.4) is 0 Å². The number of aliphatic carboxylic acids is 1. The Morgan fingerprint density at radius 3 is 2.36 bits per heavy atom. The molecule has 1 fully saturated rings. The molecule has 4 nitrogen and oxygen atoms in total. The summed E-state index contributed by atoms with van der Waals surface area (Å²) in [4.78, 5) is 10.6. The average molecular weight is 201 g/mol. The Kier molecular flexibility index (Phi) is 3.89. The average Bonchev–Trinajstić information content (AvgIpc) is 2.18. The number of nitrogens with two attached hydrogens (primary N) is 1. The van der Waals surface area contributed by atoms with E-state index in [1.54, 1.807) is 0 Å². The highest BCUT2D eigenvalue weighted by molar-refractivity contribution is 5.68. The summed E-state index contributed by atoms with van der Waals surface area (Å²) in [5.41, 5.74) is 4.28. The van der Waals surface area contributed by atoms with Crippen LogP contribution in [-0.2, 0) is 4.79 Å². The van der Waals surface area contributed by atoms with Gasteiger partial charge in [-0.05, 0) is 18.8 Å². The molecule has 1 aliphatic rings. The molecule has 82 valence electrons. The van der Waals surface area contributed by atoms with Gasteiger partial charge in [-0.3, -0.25) is 4.79 Å². The fraction of sp³-hybridized carbons (Fsp3) is 0.900. The molecule has 0 aliphatic heterocycles. The van der Waals surface area contributed by atoms with Crippen LogP contribution in [0.2, 0.25) is 0 Å². The van der Waals surface area contributed by atoms with Gasteiger partial charge in [0, 0.05) is 6.54 Å². The molecule has 14 heavy (non-hydrogen) atoms. The van der Waals surface area contributed by atoms with Crippen molar-refractivity contribution in [2.75, 3.05) is 6.54 Å². The Morgan fingerprint density at radius 1 is 1.36 bits per heavy atom. The van der Waals surface area contributed by atoms with Gasteiger partial charge in [-0.2, -0.15) is 0 Å². The van der Waals surface area contributed by atoms with E-state index in [-0.39, 0.29) is 18.9 Å². The third-order valence-corrected chi connectivity index (χ3v) is 3.18. The lowest BCUT2D eigenvalue weighted by Gasteiger charge is -2.36. The largest absolute Gasteiger partial charge is 0.481 e. The van der Waals surface area contributed by atoms with E-state index in [0.29, 0.717) is 0 Å². The molecular formula is C10H19NO3. The first-order valence-corrected chi connectivity index (χ1v) is 5.23. The second kappa shape index (κ2) is 4.75. The minimum Gasteiger partial charge on any atom is -0.481 e. The number of carboxylic acid groups (broad SMARTS) is 1. The summed E-state index contributed by atoms with van der Waals surface area (Å²) in [6.45, 7) is 0.0456. The molecule has 1 unspecified atom stereocenters. The van der Waals surface area contributed by atoms with Gasteiger partial charge in [-0.15, -0.1) is 0 Å². The van der Waals surface area contributed by atoms with Crippen LogP contribution in [0.4, 0.5) is 0 Å². The third-order valence-electron chi connectivity index (χ3n) is 3.18. The molecule has 0 spiro atoms. The van der Waals surface area contributed by atoms with Gasteiger partial charge in [-0.25, -0.2) is 0 Å². The van der Waals surface area contributed by atoms with E-state index in [1.165, 1.54) is 6.42 Å². The second-order valence-corrected chi connectivity index (χ2v) is 4.21. The summed E-state index contributed by atoms with van der Waals surface area (Å²) >= 11 is 0. The fourth-order valence-electron chi connectivity index (χ4n) is 2.28. The van der Waals surface area contributed by atoms with Crippen LogP contribution in [0.15, 0.2) is 0 Å². The topological polar surface area (TPSA) is 83.5 Å². The molecule has 0 bridgehead atoms. The predicted octanol–water partition coefficient (Wildman–Crippen LogP) is 0.731. The molecule has 1 atom stereocenters. The first-order valence-electron chi connectivity index (χ1n) is 5.23. The molecule has 0 radical (unpaired) electrons. The second-order valence-electron chi connectivity index (χ2n) is 4.21. The fourth-order valence-corrected chi connectivity index (χ4v) is 2.28. The molecular weight excluding hydrogens is 182 g/mol. The highest BCUT2D eigenvalue weighted by Gasteiger charge is 2.37. The highest BCUT2D eigenvalue weighted by Crippen LogP contribution is 2.34. The van der Waals surface area contributed by atoms with Gasteiger partial charge < -0.3 is 15.9 Å². The van der Waals surface area contributed by atoms with E-state index < -0.39 is 11.6 Å². The summed E-state index contributed by atoms with van der Waals surface area (Å²) in [6.07, 6.45) is 4.92. The van der Waals surface area contributed by atoms with Gasteiger partial charge >= 0.3 is 5.97 Å². The van der Waals surface area contributed by atoms with Crippen molar-refractivity contribution in [3.63, 3.8) is 0 Å². The van der Waals surface area contributed by atoms with Crippen molar-refractivity contribution in [1.29, 1.82) is 0 Å². The number of hydrogen-bond donors (Lipinski definition) is 3. The first-order chi connectivity index (χ1) is 6.58. The van der Waals surface area contributed by atoms with Crippen molar-refractivity contribution >= 4 is 5.97 Å². The van der Waals surface area contributed by atoms with Crippen LogP contribution in [0, 0.1) is 5.92 Å². The quantitative estimate of drug-likeness (QED) is 0.626. The van der Waals surface area contributed by atoms with Crippen LogP contribution in [0.25, 0.3) is 0 Å². The SMILES string of the molecule is NCC(O)(CC(=O)O)C1CCCCC1. The number of carboxylic acids is 1. The zero-order valence-corrected chi connectivity index (χ0v) is 8.41. The standard InChI is InChI=1S/C10H19NO3/c11-7-10(14,6-9(12)13)8-4-2-1-3-5-8/h8,14H,1-7,11H2,(H,12,13). The Bertz CT molecular complexity index is 202. The monoisotopic (exact) mass is 201 g/mol. The zero-order valence-electron chi connectivity index (χ0n) is 8.41. The predicted molar refractivity (Wildman–Crippen MR) is 52.8 cm³/mol. The van der Waals surface area contributed by atoms with Gasteiger partial charge in [0.25, 0.3) is 0 Å². The van der Waals surface area contributed by atoms with Crippen LogP contribution in [0.5, 0.6) is 0 Å². The molecule has 1 rings (SSSR count). The van der Waals surface area contributed by atoms with Crippen molar-refractivity contribution in [1.82, 2.24) is 0 Å². The van der Waals surface area contributed by atoms with Gasteiger partial charge in [0.1, 0.15) is 0 Å². The number of carbonyl (C=O) groups is 1. The van der Waals surface area contributed by atoms with Gasteiger partial charge in [0.2, 0.25) is 0 Å². The molecule has 0 saturated heterocycles. The summed E-state index contributed by atoms with van der Waals surface area (Å²) in [5, 5.41) is 18.8. The summed E-state index contributed by atoms with van der Waals surface area (Å²) in [6, 6.07) is 0. The first kappa shape index (κ1) is 11.5. The Balaban J connectivity index is 2.61. The van der Waals surface area contributed by atoms with Gasteiger partial charge in [0.15, 0.2) is 0 Å². The summed E-state index contributed by atoms with van der Waals surface area (Å²) in [7, 11) is 0. The lowest BCUT2D eigenvalue weighted by molar-refractivity contribution is -0.145. The Labute approximate surface area is 84.1 Å². The smallest absolute Gasteiger partial charge is 0.306 e. The summed E-state index contributed by atoms with van der Waals surface area (Å²) < 4.78 is 0. The maximum atomic E-state index is 10.6. The minimum atomic E-state index is -1.19. The number of aliphatic hydroxyl groups is 1. The Morgan fingerprint density at radius 2 is 1.93 bits per heavy atom. The van der Waals surface area contributed by atoms with E-state index in [4.69, 9.17) is 10.8 Å².